The molecular weight excluding hydrogens is 138 g/mol. The predicted molar refractivity (Wildman–Crippen MR) is 45.9 cm³/mol. The van der Waals surface area contributed by atoms with Crippen LogP contribution in [0.15, 0.2) is 23.4 Å². The number of hydrogen-bond donors (Lipinski definition) is 2. The summed E-state index contributed by atoms with van der Waals surface area (Å²) in [5, 5.41) is 8.54. The minimum absolute atomic E-state index is 0.735. The van der Waals surface area contributed by atoms with E-state index in [9.17, 15) is 0 Å². The first-order valence-corrected chi connectivity index (χ1v) is 3.48. The molecule has 0 aliphatic rings. The Balaban J connectivity index is 4.41. The summed E-state index contributed by atoms with van der Waals surface area (Å²) in [5.74, 6) is 2.39. The minimum Gasteiger partial charge on any atom is -0.291 e. The van der Waals surface area contributed by atoms with Crippen LogP contribution in [0.5, 0.6) is 0 Å². The SMILES string of the molecule is C#C/C=C\C(CC)=C(/C)NO. The van der Waals surface area contributed by atoms with Gasteiger partial charge in [0.15, 0.2) is 0 Å². The Hall–Kier alpha value is -1.20. The molecule has 0 aromatic heterocycles. The maximum absolute atomic E-state index is 8.54. The van der Waals surface area contributed by atoms with Crippen LogP contribution >= 0.6 is 0 Å². The molecule has 2 heteroatoms. The van der Waals surface area contributed by atoms with Gasteiger partial charge in [-0.15, -0.1) is 6.42 Å². The van der Waals surface area contributed by atoms with Crippen molar-refractivity contribution in [1.29, 1.82) is 0 Å². The van der Waals surface area contributed by atoms with Crippen molar-refractivity contribution >= 4 is 0 Å². The normalized spacial score (nSPS) is 12.5. The second kappa shape index (κ2) is 5.57. The molecule has 0 fully saturated rings. The van der Waals surface area contributed by atoms with Crippen LogP contribution in [-0.2, 0) is 0 Å². The highest BCUT2D eigenvalue weighted by Gasteiger charge is 1.92. The number of rotatable bonds is 3. The maximum atomic E-state index is 8.54. The van der Waals surface area contributed by atoms with Crippen LogP contribution in [-0.4, -0.2) is 5.21 Å². The molecule has 0 amide bonds. The van der Waals surface area contributed by atoms with E-state index >= 15 is 0 Å². The first kappa shape index (κ1) is 9.80. The van der Waals surface area contributed by atoms with Gasteiger partial charge >= 0.3 is 0 Å². The van der Waals surface area contributed by atoms with E-state index in [2.05, 4.69) is 11.4 Å². The lowest BCUT2D eigenvalue weighted by Crippen LogP contribution is -2.05. The molecule has 0 rings (SSSR count). The zero-order valence-electron chi connectivity index (χ0n) is 6.89. The topological polar surface area (TPSA) is 32.3 Å². The number of terminal acetylenes is 1. The molecule has 0 aromatic carbocycles. The summed E-state index contributed by atoms with van der Waals surface area (Å²) >= 11 is 0. The molecule has 0 aliphatic heterocycles. The molecule has 0 saturated carbocycles. The average Bonchev–Trinajstić information content (AvgIpc) is 2.05. The second-order valence-corrected chi connectivity index (χ2v) is 2.12. The first-order chi connectivity index (χ1) is 5.26. The molecule has 0 radical (unpaired) electrons. The van der Waals surface area contributed by atoms with Gasteiger partial charge < -0.3 is 0 Å². The fraction of sp³-hybridized carbons (Fsp3) is 0.333. The van der Waals surface area contributed by atoms with E-state index in [1.165, 1.54) is 0 Å². The summed E-state index contributed by atoms with van der Waals surface area (Å²) in [7, 11) is 0. The van der Waals surface area contributed by atoms with Crippen LogP contribution in [0.3, 0.4) is 0 Å². The van der Waals surface area contributed by atoms with E-state index < -0.39 is 0 Å². The van der Waals surface area contributed by atoms with Gasteiger partial charge in [-0.05, 0) is 31.1 Å². The van der Waals surface area contributed by atoms with Crippen molar-refractivity contribution in [3.05, 3.63) is 23.4 Å². The Kier molecular flexibility index (Phi) is 4.97. The number of hydroxylamine groups is 1. The first-order valence-electron chi connectivity index (χ1n) is 3.48. The van der Waals surface area contributed by atoms with Crippen molar-refractivity contribution in [2.24, 2.45) is 0 Å². The lowest BCUT2D eigenvalue weighted by atomic mass is 10.1. The molecule has 0 aliphatic carbocycles. The molecule has 0 aromatic rings. The minimum atomic E-state index is 0.735. The highest BCUT2D eigenvalue weighted by atomic mass is 16.5. The van der Waals surface area contributed by atoms with Crippen LogP contribution in [0.25, 0.3) is 0 Å². The predicted octanol–water partition coefficient (Wildman–Crippen LogP) is 1.84. The van der Waals surface area contributed by atoms with E-state index in [0.717, 1.165) is 17.7 Å². The van der Waals surface area contributed by atoms with Crippen LogP contribution in [0.4, 0.5) is 0 Å². The van der Waals surface area contributed by atoms with Crippen LogP contribution < -0.4 is 5.48 Å². The van der Waals surface area contributed by atoms with Crippen LogP contribution in [0.1, 0.15) is 20.3 Å². The zero-order chi connectivity index (χ0) is 8.69. The third kappa shape index (κ3) is 3.49. The van der Waals surface area contributed by atoms with Crippen molar-refractivity contribution in [1.82, 2.24) is 5.48 Å². The fourth-order valence-corrected chi connectivity index (χ4v) is 0.729. The molecule has 2 N–H and O–H groups in total. The second-order valence-electron chi connectivity index (χ2n) is 2.12. The maximum Gasteiger partial charge on any atom is 0.0377 e. The van der Waals surface area contributed by atoms with E-state index in [-0.39, 0.29) is 0 Å². The van der Waals surface area contributed by atoms with Crippen LogP contribution in [0, 0.1) is 12.3 Å². The van der Waals surface area contributed by atoms with Gasteiger partial charge in [-0.25, -0.2) is 0 Å². The molecule has 0 bridgehead atoms. The Morgan fingerprint density at radius 3 is 2.73 bits per heavy atom. The monoisotopic (exact) mass is 151 g/mol. The van der Waals surface area contributed by atoms with Gasteiger partial charge in [0, 0.05) is 5.70 Å². The van der Waals surface area contributed by atoms with Gasteiger partial charge in [0.2, 0.25) is 0 Å². The third-order valence-electron chi connectivity index (χ3n) is 1.41. The van der Waals surface area contributed by atoms with Gasteiger partial charge in [-0.2, -0.15) is 0 Å². The van der Waals surface area contributed by atoms with E-state index in [0.29, 0.717) is 0 Å². The number of allylic oxidation sites excluding steroid dienone is 4. The van der Waals surface area contributed by atoms with Crippen molar-refractivity contribution < 1.29 is 5.21 Å². The smallest absolute Gasteiger partial charge is 0.0377 e. The zero-order valence-corrected chi connectivity index (χ0v) is 6.89. The molecule has 60 valence electrons. The molecule has 11 heavy (non-hydrogen) atoms. The molecule has 0 atom stereocenters. The lowest BCUT2D eigenvalue weighted by Gasteiger charge is -2.02. The van der Waals surface area contributed by atoms with Crippen molar-refractivity contribution in [2.45, 2.75) is 20.3 Å². The summed E-state index contributed by atoms with van der Waals surface area (Å²) in [6.45, 7) is 3.79. The summed E-state index contributed by atoms with van der Waals surface area (Å²) in [6.07, 6.45) is 9.29. The standard InChI is InChI=1S/C9H13NO/c1-4-6-7-9(5-2)8(3)10-11/h1,6-7,10-11H,5H2,2-3H3/b7-6-,9-8+. The fourth-order valence-electron chi connectivity index (χ4n) is 0.729. The molecule has 0 saturated heterocycles. The largest absolute Gasteiger partial charge is 0.291 e. The van der Waals surface area contributed by atoms with Crippen LogP contribution in [0.2, 0.25) is 0 Å². The van der Waals surface area contributed by atoms with Gasteiger partial charge in [0.05, 0.1) is 0 Å². The van der Waals surface area contributed by atoms with Gasteiger partial charge in [0.1, 0.15) is 0 Å². The Bertz CT molecular complexity index is 208. The summed E-state index contributed by atoms with van der Waals surface area (Å²) in [4.78, 5) is 0. The van der Waals surface area contributed by atoms with E-state index in [4.69, 9.17) is 11.6 Å². The van der Waals surface area contributed by atoms with Gasteiger partial charge in [-0.1, -0.05) is 12.8 Å². The highest BCUT2D eigenvalue weighted by Crippen LogP contribution is 2.06. The third-order valence-corrected chi connectivity index (χ3v) is 1.41. The van der Waals surface area contributed by atoms with Crippen molar-refractivity contribution in [2.75, 3.05) is 0 Å². The van der Waals surface area contributed by atoms with E-state index in [1.54, 1.807) is 19.1 Å². The highest BCUT2D eigenvalue weighted by molar-refractivity contribution is 5.27. The van der Waals surface area contributed by atoms with Gasteiger partial charge in [0.25, 0.3) is 0 Å². The van der Waals surface area contributed by atoms with E-state index in [1.807, 2.05) is 6.92 Å². The Morgan fingerprint density at radius 2 is 2.36 bits per heavy atom. The lowest BCUT2D eigenvalue weighted by molar-refractivity contribution is 0.199. The Labute approximate surface area is 67.6 Å². The number of nitrogens with one attached hydrogen (secondary N) is 1. The molecular formula is C9H13NO. The average molecular weight is 151 g/mol. The van der Waals surface area contributed by atoms with Crippen molar-refractivity contribution in [3.8, 4) is 12.3 Å². The van der Waals surface area contributed by atoms with Crippen molar-refractivity contribution in [3.63, 3.8) is 0 Å². The van der Waals surface area contributed by atoms with Gasteiger partial charge in [-0.3, -0.25) is 10.7 Å². The molecule has 2 nitrogen and oxygen atoms in total. The Morgan fingerprint density at radius 1 is 1.73 bits per heavy atom. The summed E-state index contributed by atoms with van der Waals surface area (Å²) in [5.41, 5.74) is 3.82. The number of hydrogen-bond acceptors (Lipinski definition) is 2. The molecule has 0 unspecified atom stereocenters. The summed E-state index contributed by atoms with van der Waals surface area (Å²) in [6, 6.07) is 0. The quantitative estimate of drug-likeness (QED) is 0.366. The molecule has 0 spiro atoms. The summed E-state index contributed by atoms with van der Waals surface area (Å²) < 4.78 is 0. The molecule has 0 heterocycles.